The van der Waals surface area contributed by atoms with Gasteiger partial charge in [-0.2, -0.15) is 13.2 Å². The maximum atomic E-state index is 12.4. The number of halogens is 3. The number of carboxylic acids is 1. The van der Waals surface area contributed by atoms with E-state index in [-0.39, 0.29) is 12.6 Å². The second kappa shape index (κ2) is 15.3. The Hall–Kier alpha value is -3.55. The highest BCUT2D eigenvalue weighted by Crippen LogP contribution is 2.29. The molecule has 0 unspecified atom stereocenters. The minimum absolute atomic E-state index is 0.141. The highest BCUT2D eigenvalue weighted by Gasteiger charge is 2.29. The molecular formula is C26H29F3O5. The first-order chi connectivity index (χ1) is 16.2. The summed E-state index contributed by atoms with van der Waals surface area (Å²) in [6, 6.07) is 11.4. The van der Waals surface area contributed by atoms with Gasteiger partial charge in [0.25, 0.3) is 0 Å². The van der Waals surface area contributed by atoms with Crippen molar-refractivity contribution in [2.24, 2.45) is 0 Å². The first-order valence-corrected chi connectivity index (χ1v) is 10.7. The smallest absolute Gasteiger partial charge is 0.416 e. The Morgan fingerprint density at radius 1 is 1.00 bits per heavy atom. The SMILES string of the molecule is C=CC(=O)OCCCCCC.O=C(O)C=Cc1ccc(OCc2ccc(C(F)(F)F)cc2)cc1. The third-order valence-electron chi connectivity index (χ3n) is 4.39. The topological polar surface area (TPSA) is 72.8 Å². The summed E-state index contributed by atoms with van der Waals surface area (Å²) in [5.41, 5.74) is 0.623. The Labute approximate surface area is 197 Å². The van der Waals surface area contributed by atoms with E-state index in [0.717, 1.165) is 31.1 Å². The van der Waals surface area contributed by atoms with Crippen LogP contribution in [0.15, 0.2) is 67.3 Å². The molecule has 2 rings (SSSR count). The first kappa shape index (κ1) is 28.5. The van der Waals surface area contributed by atoms with E-state index in [1.165, 1.54) is 37.1 Å². The molecule has 1 N–H and O–H groups in total. The highest BCUT2D eigenvalue weighted by molar-refractivity contribution is 5.85. The van der Waals surface area contributed by atoms with E-state index < -0.39 is 17.7 Å². The number of hydrogen-bond donors (Lipinski definition) is 1. The summed E-state index contributed by atoms with van der Waals surface area (Å²) in [6.07, 6.45) is 3.84. The number of aliphatic carboxylic acids is 1. The highest BCUT2D eigenvalue weighted by atomic mass is 19.4. The van der Waals surface area contributed by atoms with Gasteiger partial charge in [-0.3, -0.25) is 0 Å². The van der Waals surface area contributed by atoms with Gasteiger partial charge in [0.2, 0.25) is 0 Å². The average molecular weight is 479 g/mol. The van der Waals surface area contributed by atoms with Gasteiger partial charge in [0.05, 0.1) is 12.2 Å². The molecular weight excluding hydrogens is 449 g/mol. The van der Waals surface area contributed by atoms with Gasteiger partial charge in [-0.15, -0.1) is 0 Å². The number of rotatable bonds is 11. The summed E-state index contributed by atoms with van der Waals surface area (Å²) < 4.78 is 47.6. The fourth-order valence-electron chi connectivity index (χ4n) is 2.56. The molecule has 0 radical (unpaired) electrons. The molecule has 0 amide bonds. The fraction of sp³-hybridized carbons (Fsp3) is 0.308. The monoisotopic (exact) mass is 478 g/mol. The van der Waals surface area contributed by atoms with Crippen molar-refractivity contribution in [1.82, 2.24) is 0 Å². The van der Waals surface area contributed by atoms with Crippen LogP contribution in [0.3, 0.4) is 0 Å². The van der Waals surface area contributed by atoms with Crippen LogP contribution in [-0.4, -0.2) is 23.7 Å². The Balaban J connectivity index is 0.000000445. The van der Waals surface area contributed by atoms with Crippen molar-refractivity contribution < 1.29 is 37.3 Å². The van der Waals surface area contributed by atoms with Gasteiger partial charge in [-0.1, -0.05) is 57.0 Å². The minimum Gasteiger partial charge on any atom is -0.489 e. The van der Waals surface area contributed by atoms with Gasteiger partial charge in [0, 0.05) is 12.2 Å². The molecule has 184 valence electrons. The summed E-state index contributed by atoms with van der Waals surface area (Å²) >= 11 is 0. The number of ether oxygens (including phenoxy) is 2. The molecule has 0 fully saturated rings. The number of hydrogen-bond acceptors (Lipinski definition) is 4. The van der Waals surface area contributed by atoms with Gasteiger partial charge in [-0.25, -0.2) is 9.59 Å². The average Bonchev–Trinajstić information content (AvgIpc) is 2.82. The Kier molecular flexibility index (Phi) is 12.8. The Morgan fingerprint density at radius 3 is 2.18 bits per heavy atom. The number of carbonyl (C=O) groups excluding carboxylic acids is 1. The van der Waals surface area contributed by atoms with Gasteiger partial charge in [0.15, 0.2) is 0 Å². The largest absolute Gasteiger partial charge is 0.489 e. The molecule has 0 saturated carbocycles. The van der Waals surface area contributed by atoms with Gasteiger partial charge in [0.1, 0.15) is 12.4 Å². The van der Waals surface area contributed by atoms with E-state index in [2.05, 4.69) is 13.5 Å². The van der Waals surface area contributed by atoms with Crippen LogP contribution in [0, 0.1) is 0 Å². The van der Waals surface area contributed by atoms with Crippen LogP contribution in [-0.2, 0) is 27.1 Å². The number of carbonyl (C=O) groups is 2. The standard InChI is InChI=1S/C17H13F3O3.C9H16O2/c18-17(19,20)14-6-1-13(2-7-14)11-23-15-8-3-12(4-9-15)5-10-16(21)22;1-3-5-6-7-8-11-9(10)4-2/h1-10H,11H2,(H,21,22);4H,2-3,5-8H2,1H3. The van der Waals surface area contributed by atoms with Crippen molar-refractivity contribution >= 4 is 18.0 Å². The van der Waals surface area contributed by atoms with Crippen molar-refractivity contribution in [1.29, 1.82) is 0 Å². The minimum atomic E-state index is -4.35. The molecule has 0 spiro atoms. The molecule has 2 aromatic carbocycles. The molecule has 2 aromatic rings. The summed E-state index contributed by atoms with van der Waals surface area (Å²) in [5, 5.41) is 8.53. The lowest BCUT2D eigenvalue weighted by molar-refractivity contribution is -0.138. The van der Waals surface area contributed by atoms with Crippen molar-refractivity contribution in [2.75, 3.05) is 6.61 Å². The van der Waals surface area contributed by atoms with Gasteiger partial charge >= 0.3 is 18.1 Å². The second-order valence-corrected chi connectivity index (χ2v) is 7.16. The van der Waals surface area contributed by atoms with Crippen LogP contribution in [0.5, 0.6) is 5.75 Å². The number of esters is 1. The molecule has 0 bridgehead atoms. The lowest BCUT2D eigenvalue weighted by Crippen LogP contribution is -2.05. The van der Waals surface area contributed by atoms with E-state index in [9.17, 15) is 22.8 Å². The predicted octanol–water partition coefficient (Wildman–Crippen LogP) is 6.68. The maximum absolute atomic E-state index is 12.4. The molecule has 5 nitrogen and oxygen atoms in total. The molecule has 0 saturated heterocycles. The van der Waals surface area contributed by atoms with Crippen LogP contribution < -0.4 is 4.74 Å². The van der Waals surface area contributed by atoms with Crippen LogP contribution in [0.4, 0.5) is 13.2 Å². The predicted molar refractivity (Wildman–Crippen MR) is 124 cm³/mol. The lowest BCUT2D eigenvalue weighted by Gasteiger charge is -2.09. The fourth-order valence-corrected chi connectivity index (χ4v) is 2.56. The zero-order valence-electron chi connectivity index (χ0n) is 19.0. The summed E-state index contributed by atoms with van der Waals surface area (Å²) in [6.45, 7) is 6.12. The van der Waals surface area contributed by atoms with E-state index >= 15 is 0 Å². The first-order valence-electron chi connectivity index (χ1n) is 10.7. The number of alkyl halides is 3. The zero-order valence-corrected chi connectivity index (χ0v) is 19.0. The molecule has 0 aliphatic carbocycles. The van der Waals surface area contributed by atoms with Crippen molar-refractivity contribution in [3.63, 3.8) is 0 Å². The van der Waals surface area contributed by atoms with Crippen molar-refractivity contribution in [3.8, 4) is 5.75 Å². The van der Waals surface area contributed by atoms with Gasteiger partial charge in [-0.05, 0) is 47.9 Å². The van der Waals surface area contributed by atoms with Crippen LogP contribution in [0.2, 0.25) is 0 Å². The molecule has 0 heterocycles. The number of carboxylic acid groups (broad SMARTS) is 1. The summed E-state index contributed by atoms with van der Waals surface area (Å²) in [7, 11) is 0. The van der Waals surface area contributed by atoms with Crippen LogP contribution in [0.25, 0.3) is 6.08 Å². The summed E-state index contributed by atoms with van der Waals surface area (Å²) in [5.74, 6) is -0.813. The van der Waals surface area contributed by atoms with Crippen LogP contribution >= 0.6 is 0 Å². The normalized spacial score (nSPS) is 10.8. The third kappa shape index (κ3) is 12.5. The van der Waals surface area contributed by atoms with E-state index in [1.807, 2.05) is 0 Å². The lowest BCUT2D eigenvalue weighted by atomic mass is 10.1. The molecule has 8 heteroatoms. The Bertz CT molecular complexity index is 917. The second-order valence-electron chi connectivity index (χ2n) is 7.16. The molecule has 0 aromatic heterocycles. The zero-order chi connectivity index (χ0) is 25.4. The van der Waals surface area contributed by atoms with Crippen molar-refractivity contribution in [2.45, 2.75) is 45.4 Å². The summed E-state index contributed by atoms with van der Waals surface area (Å²) in [4.78, 5) is 20.9. The van der Waals surface area contributed by atoms with E-state index in [4.69, 9.17) is 14.6 Å². The van der Waals surface area contributed by atoms with Crippen LogP contribution in [0.1, 0.15) is 49.3 Å². The van der Waals surface area contributed by atoms with E-state index in [1.54, 1.807) is 24.3 Å². The van der Waals surface area contributed by atoms with Crippen molar-refractivity contribution in [3.05, 3.63) is 84.0 Å². The van der Waals surface area contributed by atoms with Gasteiger partial charge < -0.3 is 14.6 Å². The molecule has 0 aliphatic rings. The maximum Gasteiger partial charge on any atom is 0.416 e. The number of benzene rings is 2. The van der Waals surface area contributed by atoms with E-state index in [0.29, 0.717) is 23.5 Å². The molecule has 0 aliphatic heterocycles. The molecule has 0 atom stereocenters. The number of unbranched alkanes of at least 4 members (excludes halogenated alkanes) is 3. The third-order valence-corrected chi connectivity index (χ3v) is 4.39. The molecule has 34 heavy (non-hydrogen) atoms. The quantitative estimate of drug-likeness (QED) is 0.222. The Morgan fingerprint density at radius 2 is 1.65 bits per heavy atom.